The number of ether oxygens (including phenoxy) is 1. The molecule has 2 aliphatic heterocycles. The number of carbonyl (C=O) groups excluding carboxylic acids is 2. The van der Waals surface area contributed by atoms with Gasteiger partial charge in [-0.2, -0.15) is 0 Å². The van der Waals surface area contributed by atoms with Crippen molar-refractivity contribution < 1.29 is 14.3 Å². The van der Waals surface area contributed by atoms with E-state index in [1.807, 2.05) is 24.3 Å². The molecule has 3 unspecified atom stereocenters. The third-order valence-electron chi connectivity index (χ3n) is 6.31. The highest BCUT2D eigenvalue weighted by Crippen LogP contribution is 2.49. The van der Waals surface area contributed by atoms with Crippen molar-refractivity contribution in [1.29, 1.82) is 0 Å². The van der Waals surface area contributed by atoms with Crippen LogP contribution in [0.3, 0.4) is 0 Å². The SMILES string of the molecule is O=C1C2=C(OC3CCCCC13)C(=O)N(c1nc3ccc(Cl)cc3s1)C2c1cccnc1. The highest BCUT2D eigenvalue weighted by atomic mass is 35.5. The topological polar surface area (TPSA) is 72.4 Å². The first-order valence-electron chi connectivity index (χ1n) is 10.4. The van der Waals surface area contributed by atoms with Gasteiger partial charge in [0.05, 0.1) is 27.7 Å². The van der Waals surface area contributed by atoms with Crippen molar-refractivity contribution in [3.05, 3.63) is 64.6 Å². The number of pyridine rings is 1. The highest BCUT2D eigenvalue weighted by molar-refractivity contribution is 7.22. The first kappa shape index (κ1) is 19.0. The van der Waals surface area contributed by atoms with Crippen molar-refractivity contribution in [2.45, 2.75) is 37.8 Å². The summed E-state index contributed by atoms with van der Waals surface area (Å²) < 4.78 is 7.08. The molecular formula is C23H18ClN3O3S. The summed E-state index contributed by atoms with van der Waals surface area (Å²) in [5, 5.41) is 1.13. The molecule has 31 heavy (non-hydrogen) atoms. The molecule has 6 rings (SSSR count). The Morgan fingerprint density at radius 1 is 1.16 bits per heavy atom. The smallest absolute Gasteiger partial charge is 0.296 e. The molecular weight excluding hydrogens is 434 g/mol. The summed E-state index contributed by atoms with van der Waals surface area (Å²) in [4.78, 5) is 37.7. The van der Waals surface area contributed by atoms with E-state index in [1.54, 1.807) is 23.4 Å². The van der Waals surface area contributed by atoms with E-state index in [0.29, 0.717) is 15.7 Å². The van der Waals surface area contributed by atoms with Crippen molar-refractivity contribution in [2.75, 3.05) is 4.90 Å². The zero-order valence-corrected chi connectivity index (χ0v) is 18.0. The number of nitrogens with zero attached hydrogens (tertiary/aromatic N) is 3. The maximum atomic E-state index is 13.6. The molecule has 6 nitrogen and oxygen atoms in total. The highest BCUT2D eigenvalue weighted by Gasteiger charge is 2.53. The van der Waals surface area contributed by atoms with E-state index < -0.39 is 6.04 Å². The molecule has 1 aromatic carbocycles. The molecule has 156 valence electrons. The lowest BCUT2D eigenvalue weighted by Gasteiger charge is -2.35. The summed E-state index contributed by atoms with van der Waals surface area (Å²) in [5.41, 5.74) is 1.97. The fourth-order valence-corrected chi connectivity index (χ4v) is 6.15. The number of amides is 1. The number of carbonyl (C=O) groups is 2. The van der Waals surface area contributed by atoms with Crippen LogP contribution in [0.2, 0.25) is 5.02 Å². The molecule has 0 saturated heterocycles. The maximum absolute atomic E-state index is 13.6. The average Bonchev–Trinajstić information content (AvgIpc) is 3.33. The Kier molecular flexibility index (Phi) is 4.36. The van der Waals surface area contributed by atoms with Gasteiger partial charge in [0.2, 0.25) is 0 Å². The molecule has 0 radical (unpaired) electrons. The van der Waals surface area contributed by atoms with E-state index in [2.05, 4.69) is 9.97 Å². The molecule has 8 heteroatoms. The molecule has 1 fully saturated rings. The first-order chi connectivity index (χ1) is 15.1. The van der Waals surface area contributed by atoms with Crippen molar-refractivity contribution in [3.63, 3.8) is 0 Å². The second kappa shape index (κ2) is 7.14. The quantitative estimate of drug-likeness (QED) is 0.557. The van der Waals surface area contributed by atoms with Gasteiger partial charge in [0.25, 0.3) is 5.91 Å². The van der Waals surface area contributed by atoms with E-state index in [0.717, 1.165) is 41.5 Å². The minimum absolute atomic E-state index is 0.0276. The van der Waals surface area contributed by atoms with Crippen LogP contribution in [0.5, 0.6) is 0 Å². The van der Waals surface area contributed by atoms with Crippen LogP contribution < -0.4 is 4.90 Å². The fraction of sp³-hybridized carbons (Fsp3) is 0.304. The standard InChI is InChI=1S/C23H18ClN3O3S/c24-13-7-8-15-17(10-13)31-23(26-15)27-19(12-4-3-9-25-11-12)18-20(28)14-5-1-2-6-16(14)30-21(18)22(27)29/h3-4,7-11,14,16,19H,1-2,5-6H2. The summed E-state index contributed by atoms with van der Waals surface area (Å²) in [5.74, 6) is -0.293. The largest absolute Gasteiger partial charge is 0.483 e. The van der Waals surface area contributed by atoms with Gasteiger partial charge in [-0.3, -0.25) is 19.5 Å². The number of fused-ring (bicyclic) bond motifs is 2. The third-order valence-corrected chi connectivity index (χ3v) is 7.56. The summed E-state index contributed by atoms with van der Waals surface area (Å²) in [7, 11) is 0. The Labute approximate surface area is 187 Å². The molecule has 1 saturated carbocycles. The number of hydrogen-bond donors (Lipinski definition) is 0. The molecule has 4 heterocycles. The zero-order valence-electron chi connectivity index (χ0n) is 16.5. The van der Waals surface area contributed by atoms with Crippen LogP contribution in [-0.4, -0.2) is 27.8 Å². The van der Waals surface area contributed by atoms with Gasteiger partial charge in [-0.05, 0) is 49.1 Å². The zero-order chi connectivity index (χ0) is 21.1. The number of benzene rings is 1. The van der Waals surface area contributed by atoms with Crippen molar-refractivity contribution >= 4 is 50.0 Å². The van der Waals surface area contributed by atoms with Gasteiger partial charge >= 0.3 is 0 Å². The van der Waals surface area contributed by atoms with Crippen LogP contribution in [0.15, 0.2) is 54.1 Å². The lowest BCUT2D eigenvalue weighted by Crippen LogP contribution is -2.39. The summed E-state index contributed by atoms with van der Waals surface area (Å²) in [6.07, 6.45) is 6.78. The predicted molar refractivity (Wildman–Crippen MR) is 118 cm³/mol. The van der Waals surface area contributed by atoms with E-state index in [-0.39, 0.29) is 29.5 Å². The number of Topliss-reactive ketones (excluding diaryl/α,β-unsaturated/α-hetero) is 1. The van der Waals surface area contributed by atoms with Gasteiger partial charge in [0, 0.05) is 17.4 Å². The molecule has 2 aromatic heterocycles. The summed E-state index contributed by atoms with van der Waals surface area (Å²) in [6, 6.07) is 8.55. The molecule has 0 N–H and O–H groups in total. The van der Waals surface area contributed by atoms with Crippen LogP contribution in [-0.2, 0) is 14.3 Å². The number of anilines is 1. The van der Waals surface area contributed by atoms with Gasteiger partial charge in [0.1, 0.15) is 6.10 Å². The van der Waals surface area contributed by atoms with Crippen molar-refractivity contribution in [3.8, 4) is 0 Å². The molecule has 0 bridgehead atoms. The number of hydrogen-bond acceptors (Lipinski definition) is 6. The second-order valence-electron chi connectivity index (χ2n) is 8.13. The molecule has 3 aliphatic rings. The average molecular weight is 452 g/mol. The van der Waals surface area contributed by atoms with Crippen LogP contribution in [0.4, 0.5) is 5.13 Å². The Hall–Kier alpha value is -2.77. The van der Waals surface area contributed by atoms with Crippen LogP contribution >= 0.6 is 22.9 Å². The van der Waals surface area contributed by atoms with E-state index in [9.17, 15) is 9.59 Å². The van der Waals surface area contributed by atoms with Crippen LogP contribution in [0.1, 0.15) is 37.3 Å². The number of halogens is 1. The van der Waals surface area contributed by atoms with Crippen molar-refractivity contribution in [1.82, 2.24) is 9.97 Å². The molecule has 0 spiro atoms. The number of rotatable bonds is 2. The van der Waals surface area contributed by atoms with E-state index >= 15 is 0 Å². The third kappa shape index (κ3) is 2.91. The van der Waals surface area contributed by atoms with E-state index in [1.165, 1.54) is 11.3 Å². The minimum atomic E-state index is -0.595. The molecule has 1 amide bonds. The normalized spacial score (nSPS) is 25.6. The molecule has 3 aromatic rings. The van der Waals surface area contributed by atoms with Crippen LogP contribution in [0, 0.1) is 5.92 Å². The fourth-order valence-electron chi connectivity index (χ4n) is 4.88. The number of ketones is 1. The summed E-state index contributed by atoms with van der Waals surface area (Å²) in [6.45, 7) is 0. The van der Waals surface area contributed by atoms with Crippen LogP contribution in [0.25, 0.3) is 10.2 Å². The van der Waals surface area contributed by atoms with Gasteiger partial charge in [0.15, 0.2) is 16.7 Å². The summed E-state index contributed by atoms with van der Waals surface area (Å²) >= 11 is 7.53. The Balaban J connectivity index is 1.51. The number of aromatic nitrogens is 2. The lowest BCUT2D eigenvalue weighted by atomic mass is 9.78. The number of thiazole rings is 1. The lowest BCUT2D eigenvalue weighted by molar-refractivity contribution is -0.131. The predicted octanol–water partition coefficient (Wildman–Crippen LogP) is 4.84. The minimum Gasteiger partial charge on any atom is -0.483 e. The molecule has 3 atom stereocenters. The second-order valence-corrected chi connectivity index (χ2v) is 9.57. The Bertz CT molecular complexity index is 1260. The van der Waals surface area contributed by atoms with Gasteiger partial charge in [-0.1, -0.05) is 35.4 Å². The van der Waals surface area contributed by atoms with Gasteiger partial charge in [-0.25, -0.2) is 4.98 Å². The first-order valence-corrected chi connectivity index (χ1v) is 11.6. The Morgan fingerprint density at radius 3 is 2.87 bits per heavy atom. The Morgan fingerprint density at radius 2 is 2.03 bits per heavy atom. The van der Waals surface area contributed by atoms with Gasteiger partial charge < -0.3 is 4.74 Å². The van der Waals surface area contributed by atoms with Crippen molar-refractivity contribution in [2.24, 2.45) is 5.92 Å². The maximum Gasteiger partial charge on any atom is 0.296 e. The molecule has 1 aliphatic carbocycles. The monoisotopic (exact) mass is 451 g/mol. The van der Waals surface area contributed by atoms with E-state index in [4.69, 9.17) is 16.3 Å². The van der Waals surface area contributed by atoms with Gasteiger partial charge in [-0.15, -0.1) is 0 Å².